The monoisotopic (exact) mass is 560 g/mol. The van der Waals surface area contributed by atoms with Gasteiger partial charge in [-0.25, -0.2) is 9.18 Å². The van der Waals surface area contributed by atoms with Gasteiger partial charge in [0.1, 0.15) is 6.67 Å². The number of rotatable bonds is 6. The molecule has 2 aromatic carbocycles. The number of hydrogen-bond acceptors (Lipinski definition) is 6. The van der Waals surface area contributed by atoms with Crippen molar-refractivity contribution in [2.24, 2.45) is 7.05 Å². The quantitative estimate of drug-likeness (QED) is 0.340. The molecule has 2 heterocycles. The fraction of sp³-hybridized carbons (Fsp3) is 0.500. The number of aromatic nitrogens is 4. The molecule has 214 valence electrons. The third-order valence-corrected chi connectivity index (χ3v) is 7.33. The lowest BCUT2D eigenvalue weighted by Crippen LogP contribution is -2.34. The van der Waals surface area contributed by atoms with Gasteiger partial charge >= 0.3 is 12.3 Å². The number of carbonyl (C=O) groups excluding carboxylic acids is 1. The number of ether oxygens (including phenoxy) is 1. The minimum atomic E-state index is -4.62. The van der Waals surface area contributed by atoms with Gasteiger partial charge in [0.15, 0.2) is 0 Å². The summed E-state index contributed by atoms with van der Waals surface area (Å²) in [4.78, 5) is 17.9. The van der Waals surface area contributed by atoms with E-state index in [-0.39, 0.29) is 35.8 Å². The lowest BCUT2D eigenvalue weighted by Gasteiger charge is -2.32. The van der Waals surface area contributed by atoms with E-state index in [1.165, 1.54) is 22.0 Å². The van der Waals surface area contributed by atoms with Gasteiger partial charge in [0.05, 0.1) is 30.4 Å². The largest absolute Gasteiger partial charge is 0.446 e. The SMILES string of the molecule is CC(C)OC(=O)N1CCC[C@H](N(Cc2cc(CF)cc(C(F)(F)F)c2)c2nnn(C)n2)c2cc3c(cc21)CCC3. The predicted octanol–water partition coefficient (Wildman–Crippen LogP) is 6.08. The zero-order valence-corrected chi connectivity index (χ0v) is 22.7. The van der Waals surface area contributed by atoms with E-state index in [0.717, 1.165) is 42.6 Å². The maximum Gasteiger partial charge on any atom is 0.416 e. The Hall–Kier alpha value is -3.70. The number of fused-ring (bicyclic) bond motifs is 2. The Balaban J connectivity index is 1.62. The van der Waals surface area contributed by atoms with Crippen LogP contribution in [0, 0.1) is 0 Å². The Bertz CT molecular complexity index is 1390. The Morgan fingerprint density at radius 3 is 2.48 bits per heavy atom. The molecule has 0 saturated carbocycles. The molecular weight excluding hydrogens is 528 g/mol. The predicted molar refractivity (Wildman–Crippen MR) is 141 cm³/mol. The van der Waals surface area contributed by atoms with E-state index in [4.69, 9.17) is 4.74 Å². The summed E-state index contributed by atoms with van der Waals surface area (Å²) in [6, 6.07) is 7.07. The lowest BCUT2D eigenvalue weighted by molar-refractivity contribution is -0.137. The van der Waals surface area contributed by atoms with Crippen molar-refractivity contribution in [2.75, 3.05) is 16.3 Å². The summed E-state index contributed by atoms with van der Waals surface area (Å²) in [5.74, 6) is 0.233. The number of nitrogens with zero attached hydrogens (tertiary/aromatic N) is 6. The molecule has 1 aromatic heterocycles. The van der Waals surface area contributed by atoms with Crippen molar-refractivity contribution in [2.45, 2.75) is 77.5 Å². The van der Waals surface area contributed by atoms with Crippen LogP contribution in [-0.2, 0) is 44.0 Å². The van der Waals surface area contributed by atoms with Gasteiger partial charge in [-0.1, -0.05) is 17.2 Å². The van der Waals surface area contributed by atoms with Crippen molar-refractivity contribution in [3.05, 3.63) is 63.7 Å². The number of halogens is 4. The fourth-order valence-electron chi connectivity index (χ4n) is 5.63. The standard InChI is InChI=1S/C28H32F4N6O2/c1-17(2)40-27(39)37-9-5-8-24(23-13-20-6-4-7-21(20)14-25(23)37)38(26-33-35-36(3)34-26)16-19-10-18(15-29)11-22(12-19)28(30,31)32/h10-14,17,24H,4-9,15-16H2,1-3H3/t24-/m0/s1. The van der Waals surface area contributed by atoms with Crippen molar-refractivity contribution in [3.63, 3.8) is 0 Å². The lowest BCUT2D eigenvalue weighted by atomic mass is 9.95. The second-order valence-corrected chi connectivity index (χ2v) is 10.7. The molecule has 3 aromatic rings. The van der Waals surface area contributed by atoms with Crippen LogP contribution in [-0.4, -0.2) is 38.9 Å². The highest BCUT2D eigenvalue weighted by molar-refractivity contribution is 5.89. The third-order valence-electron chi connectivity index (χ3n) is 7.33. The molecule has 0 radical (unpaired) electrons. The average molecular weight is 561 g/mol. The van der Waals surface area contributed by atoms with Crippen molar-refractivity contribution in [1.29, 1.82) is 0 Å². The molecule has 0 N–H and O–H groups in total. The van der Waals surface area contributed by atoms with Gasteiger partial charge in [0, 0.05) is 13.1 Å². The number of anilines is 2. The molecule has 1 amide bonds. The zero-order chi connectivity index (χ0) is 28.6. The molecule has 12 heteroatoms. The van der Waals surface area contributed by atoms with E-state index in [9.17, 15) is 22.4 Å². The normalized spacial score (nSPS) is 17.0. The first kappa shape index (κ1) is 27.9. The highest BCUT2D eigenvalue weighted by atomic mass is 19.4. The highest BCUT2D eigenvalue weighted by Crippen LogP contribution is 2.42. The molecule has 0 saturated heterocycles. The molecular formula is C28H32F4N6O2. The number of hydrogen-bond donors (Lipinski definition) is 0. The van der Waals surface area contributed by atoms with E-state index in [1.807, 2.05) is 11.0 Å². The highest BCUT2D eigenvalue weighted by Gasteiger charge is 2.35. The third kappa shape index (κ3) is 5.75. The van der Waals surface area contributed by atoms with E-state index in [0.29, 0.717) is 19.4 Å². The Labute approximate surface area is 229 Å². The van der Waals surface area contributed by atoms with Crippen LogP contribution in [0.3, 0.4) is 0 Å². The van der Waals surface area contributed by atoms with Crippen LogP contribution in [0.25, 0.3) is 0 Å². The zero-order valence-electron chi connectivity index (χ0n) is 22.7. The first-order chi connectivity index (χ1) is 19.0. The van der Waals surface area contributed by atoms with Gasteiger partial charge in [-0.2, -0.15) is 18.0 Å². The van der Waals surface area contributed by atoms with Gasteiger partial charge in [-0.3, -0.25) is 4.90 Å². The van der Waals surface area contributed by atoms with E-state index in [2.05, 4.69) is 21.5 Å². The van der Waals surface area contributed by atoms with Crippen molar-refractivity contribution in [1.82, 2.24) is 20.2 Å². The molecule has 8 nitrogen and oxygen atoms in total. The van der Waals surface area contributed by atoms with Crippen LogP contribution in [0.15, 0.2) is 30.3 Å². The first-order valence-corrected chi connectivity index (χ1v) is 13.4. The second-order valence-electron chi connectivity index (χ2n) is 10.7. The molecule has 1 aliphatic heterocycles. The Morgan fingerprint density at radius 2 is 1.82 bits per heavy atom. The first-order valence-electron chi connectivity index (χ1n) is 13.4. The summed E-state index contributed by atoms with van der Waals surface area (Å²) < 4.78 is 60.2. The molecule has 40 heavy (non-hydrogen) atoms. The van der Waals surface area contributed by atoms with Crippen LogP contribution < -0.4 is 9.80 Å². The van der Waals surface area contributed by atoms with Gasteiger partial charge in [-0.05, 0) is 97.2 Å². The molecule has 0 fully saturated rings. The van der Waals surface area contributed by atoms with Gasteiger partial charge in [-0.15, -0.1) is 5.10 Å². The van der Waals surface area contributed by atoms with Gasteiger partial charge in [0.2, 0.25) is 0 Å². The number of amides is 1. The van der Waals surface area contributed by atoms with Crippen LogP contribution >= 0.6 is 0 Å². The number of carbonyl (C=O) groups is 1. The Kier molecular flexibility index (Phi) is 7.70. The maximum atomic E-state index is 13.7. The molecule has 0 unspecified atom stereocenters. The summed E-state index contributed by atoms with van der Waals surface area (Å²) >= 11 is 0. The van der Waals surface area contributed by atoms with Crippen molar-refractivity contribution in [3.8, 4) is 0 Å². The summed E-state index contributed by atoms with van der Waals surface area (Å²) in [6.07, 6.45) is -1.36. The van der Waals surface area contributed by atoms with Gasteiger partial charge in [0.25, 0.3) is 5.95 Å². The molecule has 2 aliphatic rings. The number of aryl methyl sites for hydroxylation is 3. The Morgan fingerprint density at radius 1 is 1.10 bits per heavy atom. The summed E-state index contributed by atoms with van der Waals surface area (Å²) in [6.45, 7) is 2.98. The smallest absolute Gasteiger partial charge is 0.416 e. The summed E-state index contributed by atoms with van der Waals surface area (Å²) in [5.41, 5.74) is 3.24. The van der Waals surface area contributed by atoms with E-state index >= 15 is 0 Å². The van der Waals surface area contributed by atoms with Crippen molar-refractivity contribution < 1.29 is 27.1 Å². The second kappa shape index (κ2) is 11.1. The van der Waals surface area contributed by atoms with E-state index in [1.54, 1.807) is 25.8 Å². The minimum Gasteiger partial charge on any atom is -0.446 e. The topological polar surface area (TPSA) is 76.4 Å². The summed E-state index contributed by atoms with van der Waals surface area (Å²) in [5, 5.41) is 12.5. The van der Waals surface area contributed by atoms with Gasteiger partial charge < -0.3 is 9.64 Å². The van der Waals surface area contributed by atoms with Crippen LogP contribution in [0.5, 0.6) is 0 Å². The molecule has 0 spiro atoms. The van der Waals surface area contributed by atoms with Crippen LogP contribution in [0.4, 0.5) is 34.0 Å². The molecule has 5 rings (SSSR count). The van der Waals surface area contributed by atoms with Crippen LogP contribution in [0.1, 0.15) is 72.5 Å². The van der Waals surface area contributed by atoms with E-state index < -0.39 is 24.5 Å². The fourth-order valence-corrected chi connectivity index (χ4v) is 5.63. The minimum absolute atomic E-state index is 0.0136. The molecule has 0 bridgehead atoms. The average Bonchev–Trinajstić information content (AvgIpc) is 3.49. The molecule has 1 aliphatic carbocycles. The number of alkyl halides is 4. The maximum absolute atomic E-state index is 13.7. The number of tetrazole rings is 1. The summed E-state index contributed by atoms with van der Waals surface area (Å²) in [7, 11) is 1.61. The molecule has 1 atom stereocenters. The van der Waals surface area contributed by atoms with Crippen molar-refractivity contribution >= 4 is 17.7 Å². The van der Waals surface area contributed by atoms with Crippen LogP contribution in [0.2, 0.25) is 0 Å². The number of benzene rings is 2.